The highest BCUT2D eigenvalue weighted by Gasteiger charge is 2.31. The highest BCUT2D eigenvalue weighted by molar-refractivity contribution is 4.62. The number of hydrogen-bond donors (Lipinski definition) is 1. The normalized spacial score (nSPS) is 19.6. The lowest BCUT2D eigenvalue weighted by molar-refractivity contribution is -0.710. The van der Waals surface area contributed by atoms with Gasteiger partial charge in [-0.3, -0.25) is 0 Å². The second-order valence-electron chi connectivity index (χ2n) is 3.45. The van der Waals surface area contributed by atoms with Crippen LogP contribution in [0.25, 0.3) is 0 Å². The van der Waals surface area contributed by atoms with Gasteiger partial charge in [-0.2, -0.15) is 13.2 Å². The van der Waals surface area contributed by atoms with E-state index in [1.165, 1.54) is 11.7 Å². The quantitative estimate of drug-likeness (QED) is 0.620. The summed E-state index contributed by atoms with van der Waals surface area (Å²) >= 11 is 0. The summed E-state index contributed by atoms with van der Waals surface area (Å²) in [6.45, 7) is -0.711. The van der Waals surface area contributed by atoms with Gasteiger partial charge in [0.25, 0.3) is 0 Å². The first-order valence-corrected chi connectivity index (χ1v) is 4.48. The molecule has 0 heterocycles. The molecule has 1 rings (SSSR count). The zero-order valence-corrected chi connectivity index (χ0v) is 9.00. The average Bonchev–Trinajstić information content (AvgIpc) is 2.02. The maximum atomic E-state index is 11.8. The van der Waals surface area contributed by atoms with Gasteiger partial charge in [0.05, 0.1) is 6.04 Å². The standard InChI is InChI=1S/C8H14F3N.BrH/c9-8(10,11)6-12-7-4-2-1-3-5-7;/h7,12H,1-6H2;1H. The Morgan fingerprint density at radius 2 is 1.62 bits per heavy atom. The van der Waals surface area contributed by atoms with Crippen LogP contribution in [0.5, 0.6) is 0 Å². The number of hydrogen-bond acceptors (Lipinski definition) is 0. The molecule has 1 fully saturated rings. The molecule has 1 nitrogen and oxygen atoms in total. The molecule has 0 bridgehead atoms. The average molecular weight is 262 g/mol. The van der Waals surface area contributed by atoms with Gasteiger partial charge in [0.15, 0.2) is 6.54 Å². The van der Waals surface area contributed by atoms with E-state index in [4.69, 9.17) is 0 Å². The Bertz CT molecular complexity index is 132. The Hall–Kier alpha value is 0.230. The monoisotopic (exact) mass is 261 g/mol. The van der Waals surface area contributed by atoms with Crippen LogP contribution in [0.15, 0.2) is 0 Å². The van der Waals surface area contributed by atoms with Crippen LogP contribution < -0.4 is 22.3 Å². The van der Waals surface area contributed by atoms with Crippen molar-refractivity contribution in [2.75, 3.05) is 6.54 Å². The molecule has 0 aliphatic heterocycles. The molecule has 5 heteroatoms. The van der Waals surface area contributed by atoms with Crippen molar-refractivity contribution in [3.05, 3.63) is 0 Å². The third-order valence-corrected chi connectivity index (χ3v) is 2.33. The van der Waals surface area contributed by atoms with Gasteiger partial charge < -0.3 is 22.3 Å². The van der Waals surface area contributed by atoms with Crippen LogP contribution in [0, 0.1) is 0 Å². The summed E-state index contributed by atoms with van der Waals surface area (Å²) in [5, 5.41) is 1.44. The highest BCUT2D eigenvalue weighted by atomic mass is 79.9. The van der Waals surface area contributed by atoms with Crippen LogP contribution in [0.3, 0.4) is 0 Å². The topological polar surface area (TPSA) is 16.6 Å². The molecule has 0 unspecified atom stereocenters. The fraction of sp³-hybridized carbons (Fsp3) is 1.00. The van der Waals surface area contributed by atoms with Crippen LogP contribution in [0.2, 0.25) is 0 Å². The first-order chi connectivity index (χ1) is 5.58. The van der Waals surface area contributed by atoms with E-state index in [2.05, 4.69) is 0 Å². The van der Waals surface area contributed by atoms with Crippen LogP contribution in [0.1, 0.15) is 32.1 Å². The molecule has 0 atom stereocenters. The molecule has 0 aromatic heterocycles. The maximum absolute atomic E-state index is 11.8. The number of nitrogens with two attached hydrogens (primary N) is 1. The summed E-state index contributed by atoms with van der Waals surface area (Å²) in [5.41, 5.74) is 0. The summed E-state index contributed by atoms with van der Waals surface area (Å²) in [5.74, 6) is 0. The number of halogens is 4. The van der Waals surface area contributed by atoms with Gasteiger partial charge in [0.1, 0.15) is 0 Å². The minimum atomic E-state index is -4.00. The van der Waals surface area contributed by atoms with Crippen molar-refractivity contribution in [3.8, 4) is 0 Å². The van der Waals surface area contributed by atoms with E-state index in [0.717, 1.165) is 25.7 Å². The van der Waals surface area contributed by atoms with Crippen molar-refractivity contribution in [1.82, 2.24) is 0 Å². The van der Waals surface area contributed by atoms with E-state index in [0.29, 0.717) is 0 Å². The van der Waals surface area contributed by atoms with E-state index >= 15 is 0 Å². The van der Waals surface area contributed by atoms with Gasteiger partial charge in [-0.1, -0.05) is 6.42 Å². The van der Waals surface area contributed by atoms with Crippen molar-refractivity contribution in [2.24, 2.45) is 0 Å². The van der Waals surface area contributed by atoms with Crippen molar-refractivity contribution in [3.63, 3.8) is 0 Å². The SMILES string of the molecule is FC(F)(F)C[NH2+]C1CCCCC1.[Br-]. The molecule has 0 aromatic rings. The zero-order chi connectivity index (χ0) is 9.03. The second kappa shape index (κ2) is 5.86. The van der Waals surface area contributed by atoms with Crippen LogP contribution in [0.4, 0.5) is 13.2 Å². The van der Waals surface area contributed by atoms with Gasteiger partial charge >= 0.3 is 6.18 Å². The van der Waals surface area contributed by atoms with Crippen molar-refractivity contribution < 1.29 is 35.5 Å². The maximum Gasteiger partial charge on any atom is 0.438 e. The number of alkyl halides is 3. The van der Waals surface area contributed by atoms with E-state index in [1.807, 2.05) is 0 Å². The molecule has 1 aliphatic rings. The molecule has 13 heavy (non-hydrogen) atoms. The zero-order valence-electron chi connectivity index (χ0n) is 7.41. The van der Waals surface area contributed by atoms with Crippen molar-refractivity contribution in [1.29, 1.82) is 0 Å². The molecule has 0 aromatic carbocycles. The molecule has 2 N–H and O–H groups in total. The Labute approximate surface area is 86.8 Å². The van der Waals surface area contributed by atoms with Gasteiger partial charge in [0.2, 0.25) is 0 Å². The first kappa shape index (κ1) is 13.2. The van der Waals surface area contributed by atoms with Gasteiger partial charge in [-0.25, -0.2) is 0 Å². The van der Waals surface area contributed by atoms with E-state index in [1.54, 1.807) is 0 Å². The smallest absolute Gasteiger partial charge is 0.438 e. The van der Waals surface area contributed by atoms with E-state index < -0.39 is 12.7 Å². The summed E-state index contributed by atoms with van der Waals surface area (Å²) in [6.07, 6.45) is 1.29. The summed E-state index contributed by atoms with van der Waals surface area (Å²) < 4.78 is 35.3. The molecular formula is C8H15BrF3N. The minimum Gasteiger partial charge on any atom is -1.00 e. The van der Waals surface area contributed by atoms with Crippen LogP contribution in [-0.4, -0.2) is 18.8 Å². The Balaban J connectivity index is 0.00000144. The van der Waals surface area contributed by atoms with Crippen LogP contribution in [-0.2, 0) is 0 Å². The molecule has 0 amide bonds. The molecule has 0 saturated heterocycles. The second-order valence-corrected chi connectivity index (χ2v) is 3.45. The van der Waals surface area contributed by atoms with E-state index in [-0.39, 0.29) is 23.0 Å². The van der Waals surface area contributed by atoms with Gasteiger partial charge in [0, 0.05) is 0 Å². The molecular weight excluding hydrogens is 247 g/mol. The highest BCUT2D eigenvalue weighted by Crippen LogP contribution is 2.15. The van der Waals surface area contributed by atoms with Gasteiger partial charge in [-0.15, -0.1) is 0 Å². The predicted octanol–water partition coefficient (Wildman–Crippen LogP) is -1.55. The lowest BCUT2D eigenvalue weighted by Crippen LogP contribution is -3.00. The Kier molecular flexibility index (Phi) is 5.96. The molecule has 0 spiro atoms. The van der Waals surface area contributed by atoms with E-state index in [9.17, 15) is 13.2 Å². The molecule has 1 saturated carbocycles. The number of rotatable bonds is 2. The summed E-state index contributed by atoms with van der Waals surface area (Å²) in [6, 6.07) is 0.223. The molecule has 0 radical (unpaired) electrons. The molecule has 1 aliphatic carbocycles. The van der Waals surface area contributed by atoms with Crippen LogP contribution >= 0.6 is 0 Å². The lowest BCUT2D eigenvalue weighted by atomic mass is 9.95. The fourth-order valence-corrected chi connectivity index (χ4v) is 1.67. The lowest BCUT2D eigenvalue weighted by Gasteiger charge is -2.20. The number of quaternary nitrogens is 1. The Morgan fingerprint density at radius 3 is 2.08 bits per heavy atom. The Morgan fingerprint density at radius 1 is 1.08 bits per heavy atom. The fourth-order valence-electron chi connectivity index (χ4n) is 1.67. The minimum absolute atomic E-state index is 0. The first-order valence-electron chi connectivity index (χ1n) is 4.48. The summed E-state index contributed by atoms with van der Waals surface area (Å²) in [4.78, 5) is 0. The summed E-state index contributed by atoms with van der Waals surface area (Å²) in [7, 11) is 0. The third-order valence-electron chi connectivity index (χ3n) is 2.33. The largest absolute Gasteiger partial charge is 1.00 e. The van der Waals surface area contributed by atoms with Gasteiger partial charge in [-0.05, 0) is 25.7 Å². The van der Waals surface area contributed by atoms with Crippen molar-refractivity contribution >= 4 is 0 Å². The molecule has 80 valence electrons. The predicted molar refractivity (Wildman–Crippen MR) is 39.7 cm³/mol. The van der Waals surface area contributed by atoms with Crippen molar-refractivity contribution in [2.45, 2.75) is 44.3 Å². The third kappa shape index (κ3) is 6.32.